The van der Waals surface area contributed by atoms with E-state index in [-0.39, 0.29) is 0 Å². The van der Waals surface area contributed by atoms with Crippen molar-refractivity contribution in [3.63, 3.8) is 0 Å². The zero-order valence-corrected chi connectivity index (χ0v) is 11.8. The van der Waals surface area contributed by atoms with Crippen molar-refractivity contribution in [3.8, 4) is 0 Å². The van der Waals surface area contributed by atoms with Gasteiger partial charge in [-0.05, 0) is 31.6 Å². The normalized spacial score (nSPS) is 18.4. The molecule has 4 heteroatoms. The first-order valence-corrected chi connectivity index (χ1v) is 7.72. The Hall–Kier alpha value is -1.32. The van der Waals surface area contributed by atoms with Gasteiger partial charge in [0.15, 0.2) is 0 Å². The molecule has 0 aliphatic heterocycles. The number of rotatable bonds is 8. The predicted octanol–water partition coefficient (Wildman–Crippen LogP) is 3.39. The lowest BCUT2D eigenvalue weighted by atomic mass is 10.3. The highest BCUT2D eigenvalue weighted by Crippen LogP contribution is 2.39. The van der Waals surface area contributed by atoms with Gasteiger partial charge in [-0.2, -0.15) is 0 Å². The molecule has 2 saturated carbocycles. The highest BCUT2D eigenvalue weighted by atomic mass is 15.1. The predicted molar refractivity (Wildman–Crippen MR) is 78.6 cm³/mol. The lowest BCUT2D eigenvalue weighted by molar-refractivity contribution is 0.756. The van der Waals surface area contributed by atoms with Crippen LogP contribution in [0.2, 0.25) is 0 Å². The van der Waals surface area contributed by atoms with Gasteiger partial charge in [0.05, 0.1) is 0 Å². The summed E-state index contributed by atoms with van der Waals surface area (Å²) in [5.41, 5.74) is 0. The molecule has 4 nitrogen and oxygen atoms in total. The van der Waals surface area contributed by atoms with Gasteiger partial charge >= 0.3 is 0 Å². The molecule has 0 atom stereocenters. The van der Waals surface area contributed by atoms with Crippen molar-refractivity contribution in [2.24, 2.45) is 5.92 Å². The van der Waals surface area contributed by atoms with Crippen molar-refractivity contribution in [2.75, 3.05) is 23.7 Å². The van der Waals surface area contributed by atoms with Gasteiger partial charge in [-0.25, -0.2) is 9.97 Å². The van der Waals surface area contributed by atoms with E-state index < -0.39 is 0 Å². The van der Waals surface area contributed by atoms with Gasteiger partial charge in [0, 0.05) is 25.1 Å². The maximum absolute atomic E-state index is 4.66. The van der Waals surface area contributed by atoms with Gasteiger partial charge < -0.3 is 10.6 Å². The lowest BCUT2D eigenvalue weighted by Gasteiger charge is -2.10. The smallest absolute Gasteiger partial charge is 0.136 e. The van der Waals surface area contributed by atoms with Crippen LogP contribution in [0.25, 0.3) is 0 Å². The van der Waals surface area contributed by atoms with Crippen LogP contribution < -0.4 is 10.6 Å². The maximum atomic E-state index is 4.66. The van der Waals surface area contributed by atoms with E-state index in [1.54, 1.807) is 0 Å². The number of aromatic nitrogens is 2. The van der Waals surface area contributed by atoms with Crippen LogP contribution in [0.3, 0.4) is 0 Å². The minimum atomic E-state index is 0.604. The van der Waals surface area contributed by atoms with E-state index in [0.717, 1.165) is 42.9 Å². The topological polar surface area (TPSA) is 49.8 Å². The Balaban J connectivity index is 1.63. The fraction of sp³-hybridized carbons (Fsp3) is 0.733. The number of anilines is 2. The molecule has 2 N–H and O–H groups in total. The first kappa shape index (κ1) is 12.7. The second-order valence-corrected chi connectivity index (χ2v) is 5.86. The summed E-state index contributed by atoms with van der Waals surface area (Å²) in [4.78, 5) is 9.28. The fourth-order valence-electron chi connectivity index (χ4n) is 2.24. The Labute approximate surface area is 115 Å². The van der Waals surface area contributed by atoms with Crippen molar-refractivity contribution >= 4 is 11.6 Å². The molecule has 1 heterocycles. The third-order valence-electron chi connectivity index (χ3n) is 3.80. The Bertz CT molecular complexity index is 424. The van der Waals surface area contributed by atoms with Crippen LogP contribution in [0.15, 0.2) is 6.07 Å². The Morgan fingerprint density at radius 1 is 1.05 bits per heavy atom. The highest BCUT2D eigenvalue weighted by molar-refractivity contribution is 5.48. The van der Waals surface area contributed by atoms with Gasteiger partial charge in [0.2, 0.25) is 0 Å². The van der Waals surface area contributed by atoms with Crippen LogP contribution >= 0.6 is 0 Å². The molecule has 0 spiro atoms. The number of hydrogen-bond acceptors (Lipinski definition) is 4. The van der Waals surface area contributed by atoms with E-state index in [2.05, 4.69) is 33.6 Å². The molecule has 2 fully saturated rings. The zero-order chi connectivity index (χ0) is 13.1. The standard InChI is InChI=1S/C15H24N4/c1-2-8-16-13-10-14(17-9-7-11-3-4-11)19-15(18-13)12-5-6-12/h10-12H,2-9H2,1H3,(H2,16,17,18,19). The number of hydrogen-bond donors (Lipinski definition) is 2. The summed E-state index contributed by atoms with van der Waals surface area (Å²) in [5.74, 6) is 4.57. The summed E-state index contributed by atoms with van der Waals surface area (Å²) in [5, 5.41) is 6.84. The summed E-state index contributed by atoms with van der Waals surface area (Å²) in [6.45, 7) is 4.19. The van der Waals surface area contributed by atoms with Crippen LogP contribution in [0.4, 0.5) is 11.6 Å². The van der Waals surface area contributed by atoms with Gasteiger partial charge in [0.1, 0.15) is 17.5 Å². The molecule has 0 aromatic carbocycles. The van der Waals surface area contributed by atoms with Crippen LogP contribution in [-0.2, 0) is 0 Å². The molecule has 1 aromatic heterocycles. The minimum absolute atomic E-state index is 0.604. The Morgan fingerprint density at radius 2 is 1.74 bits per heavy atom. The Kier molecular flexibility index (Phi) is 3.85. The summed E-state index contributed by atoms with van der Waals surface area (Å²) in [7, 11) is 0. The first-order valence-electron chi connectivity index (χ1n) is 7.72. The molecule has 0 unspecified atom stereocenters. The summed E-state index contributed by atoms with van der Waals surface area (Å²) >= 11 is 0. The molecule has 2 aliphatic carbocycles. The van der Waals surface area contributed by atoms with Gasteiger partial charge in [-0.3, -0.25) is 0 Å². The van der Waals surface area contributed by atoms with Crippen LogP contribution in [0.1, 0.15) is 57.2 Å². The monoisotopic (exact) mass is 260 g/mol. The number of nitrogens with one attached hydrogen (secondary N) is 2. The van der Waals surface area contributed by atoms with E-state index in [0.29, 0.717) is 5.92 Å². The quantitative estimate of drug-likeness (QED) is 0.752. The molecule has 19 heavy (non-hydrogen) atoms. The molecule has 3 rings (SSSR count). The second kappa shape index (κ2) is 5.76. The summed E-state index contributed by atoms with van der Waals surface area (Å²) in [6, 6.07) is 2.05. The average Bonchev–Trinajstić information content (AvgIpc) is 3.28. The lowest BCUT2D eigenvalue weighted by Crippen LogP contribution is -2.09. The van der Waals surface area contributed by atoms with Crippen molar-refractivity contribution in [3.05, 3.63) is 11.9 Å². The minimum Gasteiger partial charge on any atom is -0.370 e. The second-order valence-electron chi connectivity index (χ2n) is 5.86. The summed E-state index contributed by atoms with van der Waals surface area (Å²) in [6.07, 6.45) is 7.73. The average molecular weight is 260 g/mol. The van der Waals surface area contributed by atoms with E-state index in [4.69, 9.17) is 0 Å². The SMILES string of the molecule is CCCNc1cc(NCCC2CC2)nc(C2CC2)n1. The molecular formula is C15H24N4. The largest absolute Gasteiger partial charge is 0.370 e. The van der Waals surface area contributed by atoms with Crippen molar-refractivity contribution in [1.29, 1.82) is 0 Å². The van der Waals surface area contributed by atoms with E-state index >= 15 is 0 Å². The molecular weight excluding hydrogens is 236 g/mol. The van der Waals surface area contributed by atoms with Crippen molar-refractivity contribution in [2.45, 2.75) is 51.4 Å². The van der Waals surface area contributed by atoms with Crippen molar-refractivity contribution < 1.29 is 0 Å². The third kappa shape index (κ3) is 3.82. The Morgan fingerprint density at radius 3 is 2.32 bits per heavy atom. The van der Waals surface area contributed by atoms with Crippen LogP contribution in [0, 0.1) is 5.92 Å². The third-order valence-corrected chi connectivity index (χ3v) is 3.80. The van der Waals surface area contributed by atoms with E-state index in [1.165, 1.54) is 32.1 Å². The van der Waals surface area contributed by atoms with Gasteiger partial charge in [-0.1, -0.05) is 19.8 Å². The highest BCUT2D eigenvalue weighted by Gasteiger charge is 2.27. The fourth-order valence-corrected chi connectivity index (χ4v) is 2.24. The zero-order valence-electron chi connectivity index (χ0n) is 11.8. The first-order chi connectivity index (χ1) is 9.35. The maximum Gasteiger partial charge on any atom is 0.136 e. The molecule has 0 radical (unpaired) electrons. The molecule has 0 saturated heterocycles. The van der Waals surface area contributed by atoms with Crippen LogP contribution in [-0.4, -0.2) is 23.1 Å². The number of nitrogens with zero attached hydrogens (tertiary/aromatic N) is 2. The summed E-state index contributed by atoms with van der Waals surface area (Å²) < 4.78 is 0. The molecule has 2 aliphatic rings. The van der Waals surface area contributed by atoms with Crippen LogP contribution in [0.5, 0.6) is 0 Å². The molecule has 1 aromatic rings. The van der Waals surface area contributed by atoms with Gasteiger partial charge in [0.25, 0.3) is 0 Å². The molecule has 0 bridgehead atoms. The molecule has 104 valence electrons. The van der Waals surface area contributed by atoms with E-state index in [1.807, 2.05) is 0 Å². The van der Waals surface area contributed by atoms with Gasteiger partial charge in [-0.15, -0.1) is 0 Å². The molecule has 0 amide bonds. The van der Waals surface area contributed by atoms with Crippen molar-refractivity contribution in [1.82, 2.24) is 9.97 Å². The van der Waals surface area contributed by atoms with E-state index in [9.17, 15) is 0 Å².